The molecule has 2 aromatic rings. The Kier molecular flexibility index (Phi) is 3.06. The van der Waals surface area contributed by atoms with Gasteiger partial charge in [0.1, 0.15) is 0 Å². The number of tetrazole rings is 1. The van der Waals surface area contributed by atoms with Crippen LogP contribution in [-0.2, 0) is 0 Å². The summed E-state index contributed by atoms with van der Waals surface area (Å²) in [5.74, 6) is 1.08. The van der Waals surface area contributed by atoms with Gasteiger partial charge in [0.15, 0.2) is 11.5 Å². The summed E-state index contributed by atoms with van der Waals surface area (Å²) in [5.41, 5.74) is 0.622. The van der Waals surface area contributed by atoms with E-state index in [1.54, 1.807) is 16.9 Å². The molecule has 7 heteroatoms. The van der Waals surface area contributed by atoms with Crippen molar-refractivity contribution in [1.82, 2.24) is 25.0 Å². The maximum atomic E-state index is 9.41. The van der Waals surface area contributed by atoms with Crippen LogP contribution in [0.4, 0.5) is 5.82 Å². The molecule has 1 aliphatic carbocycles. The number of aromatic nitrogens is 5. The Bertz CT molecular complexity index is 527. The highest BCUT2D eigenvalue weighted by Gasteiger charge is 2.25. The molecule has 2 unspecified atom stereocenters. The van der Waals surface area contributed by atoms with Gasteiger partial charge < -0.3 is 10.4 Å². The largest absolute Gasteiger partial charge is 0.396 e. The minimum Gasteiger partial charge on any atom is -0.396 e. The minimum absolute atomic E-state index is 0.219. The van der Waals surface area contributed by atoms with E-state index in [9.17, 15) is 5.11 Å². The lowest BCUT2D eigenvalue weighted by Gasteiger charge is -2.31. The quantitative estimate of drug-likeness (QED) is 0.821. The van der Waals surface area contributed by atoms with Gasteiger partial charge in [-0.2, -0.15) is 4.52 Å². The number of nitrogens with zero attached hydrogens (tertiary/aromatic N) is 5. The van der Waals surface area contributed by atoms with E-state index in [1.165, 1.54) is 12.8 Å². The van der Waals surface area contributed by atoms with E-state index < -0.39 is 0 Å². The zero-order valence-electron chi connectivity index (χ0n) is 10.0. The first-order valence-corrected chi connectivity index (χ1v) is 6.28. The Balaban J connectivity index is 1.84. The fourth-order valence-electron chi connectivity index (χ4n) is 2.58. The number of nitrogens with one attached hydrogen (secondary N) is 1. The number of rotatable bonds is 3. The van der Waals surface area contributed by atoms with Crippen molar-refractivity contribution in [2.24, 2.45) is 5.92 Å². The average Bonchev–Trinajstić information content (AvgIpc) is 2.89. The first kappa shape index (κ1) is 11.3. The summed E-state index contributed by atoms with van der Waals surface area (Å²) in [6, 6.07) is 0.264. The van der Waals surface area contributed by atoms with Crippen LogP contribution in [0.3, 0.4) is 0 Å². The van der Waals surface area contributed by atoms with Crippen LogP contribution in [-0.4, -0.2) is 42.8 Å². The SMILES string of the molecule is OCC1CCCCC1Nc1cncc2nnnn12. The van der Waals surface area contributed by atoms with E-state index in [-0.39, 0.29) is 12.6 Å². The van der Waals surface area contributed by atoms with E-state index in [2.05, 4.69) is 25.8 Å². The van der Waals surface area contributed by atoms with Gasteiger partial charge in [0.2, 0.25) is 0 Å². The van der Waals surface area contributed by atoms with Gasteiger partial charge in [0.25, 0.3) is 0 Å². The number of aliphatic hydroxyl groups is 1. The molecule has 2 atom stereocenters. The molecule has 0 aliphatic heterocycles. The number of anilines is 1. The first-order valence-electron chi connectivity index (χ1n) is 6.28. The molecule has 2 N–H and O–H groups in total. The number of aliphatic hydroxyl groups excluding tert-OH is 1. The van der Waals surface area contributed by atoms with Gasteiger partial charge in [-0.15, -0.1) is 5.10 Å². The average molecular weight is 248 g/mol. The summed E-state index contributed by atoms with van der Waals surface area (Å²) < 4.78 is 1.63. The van der Waals surface area contributed by atoms with Gasteiger partial charge in [0.05, 0.1) is 12.4 Å². The highest BCUT2D eigenvalue weighted by molar-refractivity contribution is 5.44. The molecule has 0 bridgehead atoms. The van der Waals surface area contributed by atoms with Crippen LogP contribution >= 0.6 is 0 Å². The third-order valence-corrected chi connectivity index (χ3v) is 3.59. The summed E-state index contributed by atoms with van der Waals surface area (Å²) >= 11 is 0. The van der Waals surface area contributed by atoms with Crippen LogP contribution in [0, 0.1) is 5.92 Å². The standard InChI is InChI=1S/C11H16N6O/c18-7-8-3-1-2-4-9(8)13-10-5-12-6-11-14-15-16-17(10)11/h5-6,8-9,13,18H,1-4,7H2. The van der Waals surface area contributed by atoms with Crippen molar-refractivity contribution in [1.29, 1.82) is 0 Å². The molecule has 0 saturated heterocycles. The molecule has 7 nitrogen and oxygen atoms in total. The summed E-state index contributed by atoms with van der Waals surface area (Å²) in [7, 11) is 0. The second kappa shape index (κ2) is 4.85. The number of fused-ring (bicyclic) bond motifs is 1. The first-order chi connectivity index (χ1) is 8.88. The zero-order valence-corrected chi connectivity index (χ0v) is 10.0. The van der Waals surface area contributed by atoms with Crippen molar-refractivity contribution in [2.45, 2.75) is 31.7 Å². The number of hydrogen-bond acceptors (Lipinski definition) is 6. The molecule has 1 fully saturated rings. The molecule has 0 radical (unpaired) electrons. The Hall–Kier alpha value is -1.76. The highest BCUT2D eigenvalue weighted by Crippen LogP contribution is 2.26. The van der Waals surface area contributed by atoms with Crippen molar-refractivity contribution in [2.75, 3.05) is 11.9 Å². The van der Waals surface area contributed by atoms with Gasteiger partial charge in [-0.05, 0) is 23.3 Å². The molecule has 96 valence electrons. The topological polar surface area (TPSA) is 88.2 Å². The Morgan fingerprint density at radius 1 is 1.33 bits per heavy atom. The molecule has 0 aromatic carbocycles. The number of hydrogen-bond donors (Lipinski definition) is 2. The summed E-state index contributed by atoms with van der Waals surface area (Å²) in [4.78, 5) is 4.11. The van der Waals surface area contributed by atoms with Gasteiger partial charge in [-0.1, -0.05) is 12.8 Å². The van der Waals surface area contributed by atoms with Crippen molar-refractivity contribution in [3.05, 3.63) is 12.4 Å². The van der Waals surface area contributed by atoms with E-state index in [0.717, 1.165) is 18.7 Å². The fourth-order valence-corrected chi connectivity index (χ4v) is 2.58. The van der Waals surface area contributed by atoms with Crippen molar-refractivity contribution >= 4 is 11.5 Å². The lowest BCUT2D eigenvalue weighted by atomic mass is 9.85. The highest BCUT2D eigenvalue weighted by atomic mass is 16.3. The molecule has 0 spiro atoms. The fraction of sp³-hybridized carbons (Fsp3) is 0.636. The van der Waals surface area contributed by atoms with Crippen LogP contribution in [0.1, 0.15) is 25.7 Å². The lowest BCUT2D eigenvalue weighted by Crippen LogP contribution is -2.35. The minimum atomic E-state index is 0.219. The molecule has 3 rings (SSSR count). The van der Waals surface area contributed by atoms with Crippen LogP contribution in [0.25, 0.3) is 5.65 Å². The predicted molar refractivity (Wildman–Crippen MR) is 65.0 cm³/mol. The Labute approximate surface area is 104 Å². The molecule has 2 heterocycles. The smallest absolute Gasteiger partial charge is 0.199 e. The third kappa shape index (κ3) is 2.01. The molecule has 18 heavy (non-hydrogen) atoms. The monoisotopic (exact) mass is 248 g/mol. The molecule has 2 aromatic heterocycles. The van der Waals surface area contributed by atoms with Gasteiger partial charge in [0, 0.05) is 18.6 Å². The molecular formula is C11H16N6O. The van der Waals surface area contributed by atoms with E-state index in [0.29, 0.717) is 11.6 Å². The third-order valence-electron chi connectivity index (χ3n) is 3.59. The van der Waals surface area contributed by atoms with Gasteiger partial charge >= 0.3 is 0 Å². The second-order valence-electron chi connectivity index (χ2n) is 4.72. The van der Waals surface area contributed by atoms with Crippen molar-refractivity contribution in [3.63, 3.8) is 0 Å². The summed E-state index contributed by atoms with van der Waals surface area (Å²) in [5, 5.41) is 24.2. The van der Waals surface area contributed by atoms with Crippen LogP contribution in [0.15, 0.2) is 12.4 Å². The van der Waals surface area contributed by atoms with E-state index in [1.807, 2.05) is 0 Å². The van der Waals surface area contributed by atoms with Crippen molar-refractivity contribution in [3.8, 4) is 0 Å². The molecule has 1 aliphatic rings. The maximum absolute atomic E-state index is 9.41. The van der Waals surface area contributed by atoms with E-state index >= 15 is 0 Å². The predicted octanol–water partition coefficient (Wildman–Crippen LogP) is 0.482. The van der Waals surface area contributed by atoms with Gasteiger partial charge in [-0.3, -0.25) is 4.98 Å². The van der Waals surface area contributed by atoms with E-state index in [4.69, 9.17) is 0 Å². The zero-order chi connectivity index (χ0) is 12.4. The molecular weight excluding hydrogens is 232 g/mol. The lowest BCUT2D eigenvalue weighted by molar-refractivity contribution is 0.178. The molecule has 0 amide bonds. The van der Waals surface area contributed by atoms with Crippen molar-refractivity contribution < 1.29 is 5.11 Å². The van der Waals surface area contributed by atoms with Crippen LogP contribution < -0.4 is 5.32 Å². The second-order valence-corrected chi connectivity index (χ2v) is 4.72. The Morgan fingerprint density at radius 2 is 2.22 bits per heavy atom. The van der Waals surface area contributed by atoms with Gasteiger partial charge in [-0.25, -0.2) is 0 Å². The van der Waals surface area contributed by atoms with Crippen LogP contribution in [0.5, 0.6) is 0 Å². The maximum Gasteiger partial charge on any atom is 0.199 e. The van der Waals surface area contributed by atoms with Crippen LogP contribution in [0.2, 0.25) is 0 Å². The summed E-state index contributed by atoms with van der Waals surface area (Å²) in [6.45, 7) is 0.219. The summed E-state index contributed by atoms with van der Waals surface area (Å²) in [6.07, 6.45) is 7.84. The molecule has 1 saturated carbocycles. The Morgan fingerprint density at radius 3 is 3.11 bits per heavy atom. The normalized spacial score (nSPS) is 24.3.